The largest absolute Gasteiger partial charge is 0.376 e. The lowest BCUT2D eigenvalue weighted by atomic mass is 10.1. The van der Waals surface area contributed by atoms with Crippen LogP contribution in [0.3, 0.4) is 0 Å². The number of nitrogens with two attached hydrogens (primary N) is 1. The van der Waals surface area contributed by atoms with Crippen LogP contribution in [0.25, 0.3) is 11.3 Å². The van der Waals surface area contributed by atoms with Crippen molar-refractivity contribution < 1.29 is 9.53 Å². The molecule has 3 aromatic rings. The summed E-state index contributed by atoms with van der Waals surface area (Å²) in [4.78, 5) is 21.7. The van der Waals surface area contributed by atoms with E-state index >= 15 is 0 Å². The molecule has 4 rings (SSSR count). The van der Waals surface area contributed by atoms with Crippen molar-refractivity contribution in [3.63, 3.8) is 0 Å². The quantitative estimate of drug-likeness (QED) is 0.493. The molecule has 2 atom stereocenters. The van der Waals surface area contributed by atoms with Crippen molar-refractivity contribution in [3.05, 3.63) is 75.0 Å². The lowest BCUT2D eigenvalue weighted by Gasteiger charge is -2.24. The second-order valence-corrected chi connectivity index (χ2v) is 8.42. The molecule has 1 aromatic heterocycles. The fourth-order valence-electron chi connectivity index (χ4n) is 4.12. The molecule has 0 saturated carbocycles. The summed E-state index contributed by atoms with van der Waals surface area (Å²) in [5, 5.41) is 4.35. The number of nitrogens with one attached hydrogen (secondary N) is 1. The van der Waals surface area contributed by atoms with Gasteiger partial charge >= 0.3 is 0 Å². The topological polar surface area (TPSA) is 90.1 Å². The molecule has 0 aliphatic heterocycles. The highest BCUT2D eigenvalue weighted by Gasteiger charge is 2.34. The van der Waals surface area contributed by atoms with E-state index in [-0.39, 0.29) is 17.8 Å². The number of carbonyl (C=O) groups excluding carboxylic acids is 1. The number of aryl methyl sites for hydroxylation is 1. The Morgan fingerprint density at radius 1 is 1.19 bits per heavy atom. The zero-order valence-corrected chi connectivity index (χ0v) is 19.4. The monoisotopic (exact) mass is 470 g/mol. The van der Waals surface area contributed by atoms with Gasteiger partial charge in [-0.15, -0.1) is 0 Å². The van der Waals surface area contributed by atoms with Crippen molar-refractivity contribution in [1.82, 2.24) is 9.97 Å². The average molecular weight is 471 g/mol. The minimum Gasteiger partial charge on any atom is -0.376 e. The number of carbonyl (C=O) groups is 1. The van der Waals surface area contributed by atoms with E-state index in [4.69, 9.17) is 38.7 Å². The van der Waals surface area contributed by atoms with Gasteiger partial charge in [-0.2, -0.15) is 0 Å². The number of benzene rings is 2. The Balaban J connectivity index is 1.79. The number of halogens is 2. The maximum Gasteiger partial charge on any atom is 0.269 e. The van der Waals surface area contributed by atoms with E-state index in [9.17, 15) is 4.79 Å². The van der Waals surface area contributed by atoms with Gasteiger partial charge in [0.2, 0.25) is 0 Å². The number of hydrogen-bond acceptors (Lipinski definition) is 5. The smallest absolute Gasteiger partial charge is 0.269 e. The summed E-state index contributed by atoms with van der Waals surface area (Å²) in [6.45, 7) is 4.56. The van der Waals surface area contributed by atoms with Gasteiger partial charge < -0.3 is 15.8 Å². The molecule has 0 radical (unpaired) electrons. The lowest BCUT2D eigenvalue weighted by molar-refractivity contribution is 0.0573. The molecular formula is C24H24Cl2N4O2. The Kier molecular flexibility index (Phi) is 6.65. The van der Waals surface area contributed by atoms with Crippen LogP contribution < -0.4 is 11.1 Å². The highest BCUT2D eigenvalue weighted by atomic mass is 35.5. The first-order valence-electron chi connectivity index (χ1n) is 10.5. The Morgan fingerprint density at radius 3 is 2.66 bits per heavy atom. The number of hydrogen-bond donors (Lipinski definition) is 2. The molecule has 0 fully saturated rings. The third kappa shape index (κ3) is 4.31. The fourth-order valence-corrected chi connectivity index (χ4v) is 4.62. The zero-order chi connectivity index (χ0) is 22.8. The Morgan fingerprint density at radius 2 is 1.97 bits per heavy atom. The number of rotatable bonds is 7. The molecule has 32 heavy (non-hydrogen) atoms. The molecule has 2 aromatic carbocycles. The molecule has 0 saturated heterocycles. The van der Waals surface area contributed by atoms with Gasteiger partial charge in [-0.1, -0.05) is 54.4 Å². The summed E-state index contributed by atoms with van der Waals surface area (Å²) in [5.74, 6) is -0.168. The summed E-state index contributed by atoms with van der Waals surface area (Å²) in [5.41, 5.74) is 9.72. The predicted octanol–water partition coefficient (Wildman–Crippen LogP) is 5.23. The maximum atomic E-state index is 12.3. The van der Waals surface area contributed by atoms with Crippen LogP contribution in [-0.2, 0) is 17.6 Å². The SMILES string of the molecule is CCOC1Cc2ccccc2C1Nc1nc(C(N)=O)c(-c2ccc(Cl)cc2Cl)nc1CC. The summed E-state index contributed by atoms with van der Waals surface area (Å²) in [6, 6.07) is 13.1. The molecule has 1 amide bonds. The normalized spacial score (nSPS) is 17.2. The summed E-state index contributed by atoms with van der Waals surface area (Å²) in [6.07, 6.45) is 1.35. The van der Waals surface area contributed by atoms with Crippen LogP contribution in [0.1, 0.15) is 47.2 Å². The van der Waals surface area contributed by atoms with Crippen LogP contribution in [-0.4, -0.2) is 28.6 Å². The fraction of sp³-hybridized carbons (Fsp3) is 0.292. The highest BCUT2D eigenvalue weighted by Crippen LogP contribution is 2.37. The molecule has 3 N–H and O–H groups in total. The van der Waals surface area contributed by atoms with Crippen LogP contribution >= 0.6 is 23.2 Å². The average Bonchev–Trinajstić information content (AvgIpc) is 3.11. The van der Waals surface area contributed by atoms with Crippen LogP contribution in [0.4, 0.5) is 5.82 Å². The number of nitrogens with zero attached hydrogens (tertiary/aromatic N) is 2. The minimum atomic E-state index is -0.683. The van der Waals surface area contributed by atoms with Gasteiger partial charge in [-0.25, -0.2) is 9.97 Å². The number of primary amides is 1. The van der Waals surface area contributed by atoms with Gasteiger partial charge in [0.15, 0.2) is 5.69 Å². The van der Waals surface area contributed by atoms with Crippen molar-refractivity contribution in [3.8, 4) is 11.3 Å². The van der Waals surface area contributed by atoms with Crippen LogP contribution in [0.15, 0.2) is 42.5 Å². The molecule has 0 spiro atoms. The third-order valence-corrected chi connectivity index (χ3v) is 6.13. The number of amides is 1. The second-order valence-electron chi connectivity index (χ2n) is 7.58. The maximum absolute atomic E-state index is 12.3. The zero-order valence-electron chi connectivity index (χ0n) is 17.9. The van der Waals surface area contributed by atoms with Crippen LogP contribution in [0, 0.1) is 0 Å². The van der Waals surface area contributed by atoms with E-state index in [1.54, 1.807) is 18.2 Å². The molecular weight excluding hydrogens is 447 g/mol. The van der Waals surface area contributed by atoms with E-state index in [1.807, 2.05) is 26.0 Å². The van der Waals surface area contributed by atoms with E-state index in [1.165, 1.54) is 5.56 Å². The van der Waals surface area contributed by atoms with Gasteiger partial charge in [0.25, 0.3) is 5.91 Å². The molecule has 6 nitrogen and oxygen atoms in total. The van der Waals surface area contributed by atoms with Crippen molar-refractivity contribution in [2.24, 2.45) is 5.73 Å². The van der Waals surface area contributed by atoms with Gasteiger partial charge in [0.1, 0.15) is 11.5 Å². The van der Waals surface area contributed by atoms with E-state index in [0.717, 1.165) is 12.0 Å². The molecule has 1 aliphatic rings. The molecule has 1 aliphatic carbocycles. The first-order chi connectivity index (χ1) is 15.4. The molecule has 0 bridgehead atoms. The highest BCUT2D eigenvalue weighted by molar-refractivity contribution is 6.36. The number of fused-ring (bicyclic) bond motifs is 1. The summed E-state index contributed by atoms with van der Waals surface area (Å²) < 4.78 is 6.01. The lowest BCUT2D eigenvalue weighted by Crippen LogP contribution is -2.27. The third-order valence-electron chi connectivity index (χ3n) is 5.58. The minimum absolute atomic E-state index is 0.0492. The first kappa shape index (κ1) is 22.5. The standard InChI is InChI=1S/C24H24Cl2N4O2/c1-3-18-24(29-20-15-8-6-5-7-13(15)11-19(20)32-4-2)30-22(23(27)31)21(28-18)16-10-9-14(25)12-17(16)26/h5-10,12,19-20H,3-4,11H2,1-2H3,(H2,27,31)(H,29,30). The van der Waals surface area contributed by atoms with Gasteiger partial charge in [-0.05, 0) is 42.7 Å². The Hall–Kier alpha value is -2.67. The van der Waals surface area contributed by atoms with Crippen molar-refractivity contribution >= 4 is 34.9 Å². The predicted molar refractivity (Wildman–Crippen MR) is 127 cm³/mol. The van der Waals surface area contributed by atoms with Gasteiger partial charge in [0, 0.05) is 23.6 Å². The summed E-state index contributed by atoms with van der Waals surface area (Å²) in [7, 11) is 0. The van der Waals surface area contributed by atoms with E-state index < -0.39 is 5.91 Å². The van der Waals surface area contributed by atoms with E-state index in [2.05, 4.69) is 22.4 Å². The number of aromatic nitrogens is 2. The second kappa shape index (κ2) is 9.45. The Bertz CT molecular complexity index is 1170. The van der Waals surface area contributed by atoms with E-state index in [0.29, 0.717) is 45.8 Å². The number of anilines is 1. The van der Waals surface area contributed by atoms with Crippen LogP contribution in [0.5, 0.6) is 0 Å². The van der Waals surface area contributed by atoms with Crippen molar-refractivity contribution in [2.75, 3.05) is 11.9 Å². The molecule has 8 heteroatoms. The van der Waals surface area contributed by atoms with Crippen LogP contribution in [0.2, 0.25) is 10.0 Å². The molecule has 1 heterocycles. The summed E-state index contributed by atoms with van der Waals surface area (Å²) >= 11 is 12.4. The molecule has 166 valence electrons. The van der Waals surface area contributed by atoms with Gasteiger partial charge in [-0.3, -0.25) is 4.79 Å². The molecule has 2 unspecified atom stereocenters. The van der Waals surface area contributed by atoms with Crippen molar-refractivity contribution in [1.29, 1.82) is 0 Å². The van der Waals surface area contributed by atoms with Gasteiger partial charge in [0.05, 0.1) is 22.9 Å². The van der Waals surface area contributed by atoms with Crippen molar-refractivity contribution in [2.45, 2.75) is 38.8 Å². The Labute approximate surface area is 197 Å². The first-order valence-corrected chi connectivity index (χ1v) is 11.3. The number of ether oxygens (including phenoxy) is 1.